The van der Waals surface area contributed by atoms with E-state index in [1.165, 1.54) is 0 Å². The van der Waals surface area contributed by atoms with Gasteiger partial charge in [-0.1, -0.05) is 0 Å². The maximum absolute atomic E-state index is 9.36. The normalized spacial score (nSPS) is 12.2. The Labute approximate surface area is 123 Å². The average molecular weight is 292 g/mol. The van der Waals surface area contributed by atoms with E-state index in [-0.39, 0.29) is 12.6 Å². The van der Waals surface area contributed by atoms with Gasteiger partial charge in [0.15, 0.2) is 11.5 Å². The number of rotatable bonds is 7. The van der Waals surface area contributed by atoms with Crippen LogP contribution in [0.1, 0.15) is 0 Å². The van der Waals surface area contributed by atoms with Crippen LogP contribution in [0.15, 0.2) is 24.4 Å². The number of fused-ring (bicyclic) bond motifs is 1. The Bertz CT molecular complexity index is 603. The van der Waals surface area contributed by atoms with E-state index >= 15 is 0 Å². The zero-order valence-electron chi connectivity index (χ0n) is 12.4. The van der Waals surface area contributed by atoms with Crippen molar-refractivity contribution in [2.75, 3.05) is 39.9 Å². The molecule has 2 N–H and O–H groups in total. The van der Waals surface area contributed by atoms with Gasteiger partial charge in [0.1, 0.15) is 5.82 Å². The van der Waals surface area contributed by atoms with Crippen LogP contribution in [0.3, 0.4) is 0 Å². The number of methoxy groups -OCH3 is 3. The van der Waals surface area contributed by atoms with E-state index < -0.39 is 0 Å². The Hall–Kier alpha value is -2.05. The van der Waals surface area contributed by atoms with Crippen molar-refractivity contribution < 1.29 is 19.3 Å². The number of aliphatic hydroxyl groups excluding tert-OH is 1. The molecule has 0 fully saturated rings. The first-order valence-electron chi connectivity index (χ1n) is 6.60. The van der Waals surface area contributed by atoms with Gasteiger partial charge in [0.25, 0.3) is 0 Å². The fourth-order valence-corrected chi connectivity index (χ4v) is 2.15. The molecule has 0 saturated heterocycles. The van der Waals surface area contributed by atoms with E-state index in [9.17, 15) is 5.11 Å². The van der Waals surface area contributed by atoms with E-state index in [2.05, 4.69) is 10.3 Å². The maximum atomic E-state index is 9.36. The number of nitrogens with zero attached hydrogens (tertiary/aromatic N) is 1. The number of benzene rings is 1. The Morgan fingerprint density at radius 3 is 2.52 bits per heavy atom. The number of anilines is 1. The van der Waals surface area contributed by atoms with Gasteiger partial charge in [-0.05, 0) is 23.6 Å². The van der Waals surface area contributed by atoms with Gasteiger partial charge in [0.05, 0.1) is 33.5 Å². The van der Waals surface area contributed by atoms with Crippen molar-refractivity contribution in [2.45, 2.75) is 6.04 Å². The minimum absolute atomic E-state index is 0.0425. The number of hydrogen-bond acceptors (Lipinski definition) is 6. The van der Waals surface area contributed by atoms with Crippen molar-refractivity contribution in [2.24, 2.45) is 0 Å². The molecule has 0 aliphatic heterocycles. The van der Waals surface area contributed by atoms with E-state index in [1.807, 2.05) is 18.2 Å². The van der Waals surface area contributed by atoms with Crippen molar-refractivity contribution in [1.29, 1.82) is 0 Å². The maximum Gasteiger partial charge on any atom is 0.161 e. The zero-order valence-corrected chi connectivity index (χ0v) is 12.4. The van der Waals surface area contributed by atoms with Gasteiger partial charge in [-0.3, -0.25) is 0 Å². The SMILES string of the molecule is COCC(CO)Nc1nccc2cc(OC)c(OC)cc12. The summed E-state index contributed by atoms with van der Waals surface area (Å²) in [6.45, 7) is 0.348. The van der Waals surface area contributed by atoms with Crippen molar-refractivity contribution in [3.05, 3.63) is 24.4 Å². The number of nitrogens with one attached hydrogen (secondary N) is 1. The van der Waals surface area contributed by atoms with E-state index in [0.29, 0.717) is 23.9 Å². The number of hydrogen-bond donors (Lipinski definition) is 2. The lowest BCUT2D eigenvalue weighted by molar-refractivity contribution is 0.153. The van der Waals surface area contributed by atoms with Gasteiger partial charge >= 0.3 is 0 Å². The van der Waals surface area contributed by atoms with Gasteiger partial charge in [-0.2, -0.15) is 0 Å². The lowest BCUT2D eigenvalue weighted by Crippen LogP contribution is -2.29. The molecule has 6 heteroatoms. The summed E-state index contributed by atoms with van der Waals surface area (Å²) in [5.74, 6) is 1.97. The van der Waals surface area contributed by atoms with Crippen LogP contribution in [0.5, 0.6) is 11.5 Å². The fraction of sp³-hybridized carbons (Fsp3) is 0.400. The molecule has 2 aromatic rings. The summed E-state index contributed by atoms with van der Waals surface area (Å²) in [7, 11) is 4.79. The lowest BCUT2D eigenvalue weighted by Gasteiger charge is -2.18. The average Bonchev–Trinajstić information content (AvgIpc) is 2.53. The molecule has 0 spiro atoms. The third kappa shape index (κ3) is 3.34. The molecule has 1 unspecified atom stereocenters. The van der Waals surface area contributed by atoms with Crippen molar-refractivity contribution >= 4 is 16.6 Å². The Balaban J connectivity index is 2.44. The molecular weight excluding hydrogens is 272 g/mol. The summed E-state index contributed by atoms with van der Waals surface area (Å²) >= 11 is 0. The van der Waals surface area contributed by atoms with E-state index in [0.717, 1.165) is 10.8 Å². The molecule has 6 nitrogen and oxygen atoms in total. The number of ether oxygens (including phenoxy) is 3. The largest absolute Gasteiger partial charge is 0.493 e. The summed E-state index contributed by atoms with van der Waals surface area (Å²) in [5, 5.41) is 14.4. The topological polar surface area (TPSA) is 72.8 Å². The van der Waals surface area contributed by atoms with E-state index in [4.69, 9.17) is 14.2 Å². The third-order valence-corrected chi connectivity index (χ3v) is 3.20. The third-order valence-electron chi connectivity index (χ3n) is 3.20. The molecule has 1 aromatic carbocycles. The molecule has 0 bridgehead atoms. The molecule has 2 rings (SSSR count). The second-order valence-corrected chi connectivity index (χ2v) is 4.57. The second kappa shape index (κ2) is 7.10. The summed E-state index contributed by atoms with van der Waals surface area (Å²) in [6, 6.07) is 5.43. The molecule has 0 amide bonds. The Morgan fingerprint density at radius 2 is 1.90 bits per heavy atom. The van der Waals surface area contributed by atoms with Crippen LogP contribution in [-0.4, -0.2) is 50.7 Å². The van der Waals surface area contributed by atoms with Crippen molar-refractivity contribution in [1.82, 2.24) is 4.98 Å². The predicted molar refractivity (Wildman–Crippen MR) is 81.2 cm³/mol. The van der Waals surface area contributed by atoms with Gasteiger partial charge in [-0.25, -0.2) is 4.98 Å². The number of pyridine rings is 1. The van der Waals surface area contributed by atoms with Crippen molar-refractivity contribution in [3.63, 3.8) is 0 Å². The van der Waals surface area contributed by atoms with Crippen LogP contribution in [0, 0.1) is 0 Å². The summed E-state index contributed by atoms with van der Waals surface area (Å²) in [5.41, 5.74) is 0. The van der Waals surface area contributed by atoms with Crippen LogP contribution in [0.4, 0.5) is 5.82 Å². The van der Waals surface area contributed by atoms with Crippen LogP contribution >= 0.6 is 0 Å². The minimum Gasteiger partial charge on any atom is -0.493 e. The first-order chi connectivity index (χ1) is 10.2. The standard InChI is InChI=1S/C15H20N2O4/c1-19-9-11(8-18)17-15-12-7-14(21-3)13(20-2)6-10(12)4-5-16-15/h4-7,11,18H,8-9H2,1-3H3,(H,16,17). The molecule has 114 valence electrons. The molecule has 1 heterocycles. The molecule has 0 saturated carbocycles. The summed E-state index contributed by atoms with van der Waals surface area (Å²) in [4.78, 5) is 4.33. The van der Waals surface area contributed by atoms with Gasteiger partial charge in [-0.15, -0.1) is 0 Å². The van der Waals surface area contributed by atoms with Crippen LogP contribution < -0.4 is 14.8 Å². The fourth-order valence-electron chi connectivity index (χ4n) is 2.15. The van der Waals surface area contributed by atoms with Crippen LogP contribution in [0.25, 0.3) is 10.8 Å². The van der Waals surface area contributed by atoms with Crippen LogP contribution in [-0.2, 0) is 4.74 Å². The quantitative estimate of drug-likeness (QED) is 0.809. The first kappa shape index (κ1) is 15.3. The molecule has 0 aliphatic rings. The summed E-state index contributed by atoms with van der Waals surface area (Å²) in [6.07, 6.45) is 1.71. The van der Waals surface area contributed by atoms with Gasteiger partial charge in [0, 0.05) is 18.7 Å². The Kier molecular flexibility index (Phi) is 5.19. The Morgan fingerprint density at radius 1 is 1.19 bits per heavy atom. The smallest absolute Gasteiger partial charge is 0.161 e. The molecule has 1 aromatic heterocycles. The molecule has 1 atom stereocenters. The highest BCUT2D eigenvalue weighted by atomic mass is 16.5. The highest BCUT2D eigenvalue weighted by Crippen LogP contribution is 2.34. The zero-order chi connectivity index (χ0) is 15.2. The summed E-state index contributed by atoms with van der Waals surface area (Å²) < 4.78 is 15.7. The van der Waals surface area contributed by atoms with Gasteiger partial charge < -0.3 is 24.6 Å². The molecular formula is C15H20N2O4. The van der Waals surface area contributed by atoms with Gasteiger partial charge in [0.2, 0.25) is 0 Å². The minimum atomic E-state index is -0.221. The van der Waals surface area contributed by atoms with E-state index in [1.54, 1.807) is 27.5 Å². The van der Waals surface area contributed by atoms with Crippen LogP contribution in [0.2, 0.25) is 0 Å². The highest BCUT2D eigenvalue weighted by molar-refractivity contribution is 5.94. The molecule has 0 radical (unpaired) electrons. The molecule has 21 heavy (non-hydrogen) atoms. The van der Waals surface area contributed by atoms with Crippen molar-refractivity contribution in [3.8, 4) is 11.5 Å². The molecule has 0 aliphatic carbocycles. The number of aliphatic hydroxyl groups is 1. The number of aromatic nitrogens is 1. The predicted octanol–water partition coefficient (Wildman–Crippen LogP) is 1.67. The first-order valence-corrected chi connectivity index (χ1v) is 6.60. The second-order valence-electron chi connectivity index (χ2n) is 4.57. The monoisotopic (exact) mass is 292 g/mol. The lowest BCUT2D eigenvalue weighted by atomic mass is 10.1. The highest BCUT2D eigenvalue weighted by Gasteiger charge is 2.13.